The molecule has 2 rings (SSSR count). The predicted molar refractivity (Wildman–Crippen MR) is 59.6 cm³/mol. The van der Waals surface area contributed by atoms with Crippen molar-refractivity contribution in [3.63, 3.8) is 0 Å². The van der Waals surface area contributed by atoms with Gasteiger partial charge in [0, 0.05) is 17.8 Å². The average Bonchev–Trinajstić information content (AvgIpc) is 2.60. The van der Waals surface area contributed by atoms with E-state index in [0.29, 0.717) is 0 Å². The first-order valence-electron chi connectivity index (χ1n) is 4.97. The van der Waals surface area contributed by atoms with Crippen molar-refractivity contribution < 1.29 is 4.74 Å². The molecule has 1 saturated heterocycles. The third-order valence-corrected chi connectivity index (χ3v) is 3.36. The molecule has 1 aromatic rings. The maximum atomic E-state index is 6.01. The van der Waals surface area contributed by atoms with E-state index in [-0.39, 0.29) is 11.3 Å². The lowest BCUT2D eigenvalue weighted by Gasteiger charge is -2.26. The SMILES string of the molecule is CC1(C)CNC(C)(Cc2cccs2)O1. The summed E-state index contributed by atoms with van der Waals surface area (Å²) >= 11 is 1.79. The van der Waals surface area contributed by atoms with Crippen LogP contribution in [0.5, 0.6) is 0 Å². The smallest absolute Gasteiger partial charge is 0.122 e. The molecule has 78 valence electrons. The summed E-state index contributed by atoms with van der Waals surface area (Å²) in [5.41, 5.74) is -0.222. The maximum absolute atomic E-state index is 6.01. The van der Waals surface area contributed by atoms with Crippen molar-refractivity contribution in [2.75, 3.05) is 6.54 Å². The number of ether oxygens (including phenoxy) is 1. The molecule has 1 unspecified atom stereocenters. The number of rotatable bonds is 2. The van der Waals surface area contributed by atoms with Crippen LogP contribution in [0.15, 0.2) is 17.5 Å². The molecule has 14 heavy (non-hydrogen) atoms. The summed E-state index contributed by atoms with van der Waals surface area (Å²) in [5, 5.41) is 5.56. The molecule has 0 amide bonds. The van der Waals surface area contributed by atoms with Gasteiger partial charge in [0.2, 0.25) is 0 Å². The Morgan fingerprint density at radius 3 is 2.79 bits per heavy atom. The Morgan fingerprint density at radius 2 is 2.29 bits per heavy atom. The first kappa shape index (κ1) is 10.1. The molecule has 2 nitrogen and oxygen atoms in total. The third kappa shape index (κ3) is 2.16. The number of hydrogen-bond acceptors (Lipinski definition) is 3. The van der Waals surface area contributed by atoms with E-state index in [1.54, 1.807) is 11.3 Å². The van der Waals surface area contributed by atoms with Crippen LogP contribution in [0.4, 0.5) is 0 Å². The fourth-order valence-electron chi connectivity index (χ4n) is 1.93. The number of hydrogen-bond donors (Lipinski definition) is 1. The minimum absolute atomic E-state index is 0.0357. The maximum Gasteiger partial charge on any atom is 0.122 e. The minimum atomic E-state index is -0.186. The van der Waals surface area contributed by atoms with Gasteiger partial charge in [-0.1, -0.05) is 6.07 Å². The van der Waals surface area contributed by atoms with E-state index in [1.807, 2.05) is 0 Å². The molecule has 1 atom stereocenters. The van der Waals surface area contributed by atoms with Crippen molar-refractivity contribution in [2.24, 2.45) is 0 Å². The van der Waals surface area contributed by atoms with Crippen molar-refractivity contribution in [1.29, 1.82) is 0 Å². The van der Waals surface area contributed by atoms with Crippen LogP contribution in [0.25, 0.3) is 0 Å². The van der Waals surface area contributed by atoms with E-state index in [4.69, 9.17) is 4.74 Å². The highest BCUT2D eigenvalue weighted by atomic mass is 32.1. The number of thiophene rings is 1. The Hall–Kier alpha value is -0.380. The van der Waals surface area contributed by atoms with Crippen LogP contribution in [0.1, 0.15) is 25.6 Å². The molecule has 1 aliphatic heterocycles. The fraction of sp³-hybridized carbons (Fsp3) is 0.636. The van der Waals surface area contributed by atoms with Gasteiger partial charge < -0.3 is 4.74 Å². The zero-order valence-corrected chi connectivity index (χ0v) is 9.78. The Labute approximate surface area is 89.3 Å². The first-order chi connectivity index (χ1) is 6.49. The van der Waals surface area contributed by atoms with Crippen LogP contribution in [0.2, 0.25) is 0 Å². The van der Waals surface area contributed by atoms with Gasteiger partial charge in [-0.3, -0.25) is 5.32 Å². The van der Waals surface area contributed by atoms with Gasteiger partial charge >= 0.3 is 0 Å². The van der Waals surface area contributed by atoms with Crippen LogP contribution >= 0.6 is 11.3 Å². The van der Waals surface area contributed by atoms with Crippen molar-refractivity contribution in [3.8, 4) is 0 Å². The molecule has 1 aliphatic rings. The molecular formula is C11H17NOS. The Balaban J connectivity index is 2.05. The van der Waals surface area contributed by atoms with Crippen molar-refractivity contribution in [3.05, 3.63) is 22.4 Å². The quantitative estimate of drug-likeness (QED) is 0.811. The molecule has 0 aliphatic carbocycles. The lowest BCUT2D eigenvalue weighted by atomic mass is 10.1. The lowest BCUT2D eigenvalue weighted by Crippen LogP contribution is -2.39. The summed E-state index contributed by atoms with van der Waals surface area (Å²) < 4.78 is 6.01. The summed E-state index contributed by atoms with van der Waals surface area (Å²) in [4.78, 5) is 1.37. The van der Waals surface area contributed by atoms with E-state index in [2.05, 4.69) is 43.6 Å². The predicted octanol–water partition coefficient (Wildman–Crippen LogP) is 2.41. The monoisotopic (exact) mass is 211 g/mol. The van der Waals surface area contributed by atoms with Crippen LogP contribution in [-0.4, -0.2) is 17.9 Å². The minimum Gasteiger partial charge on any atom is -0.353 e. The summed E-state index contributed by atoms with van der Waals surface area (Å²) in [5.74, 6) is 0. The molecular weight excluding hydrogens is 194 g/mol. The molecule has 1 aromatic heterocycles. The lowest BCUT2D eigenvalue weighted by molar-refractivity contribution is -0.0781. The molecule has 0 radical (unpaired) electrons. The van der Waals surface area contributed by atoms with Crippen LogP contribution in [-0.2, 0) is 11.2 Å². The summed E-state index contributed by atoms with van der Waals surface area (Å²) in [6, 6.07) is 4.25. The normalized spacial score (nSPS) is 30.8. The molecule has 0 bridgehead atoms. The second-order valence-electron chi connectivity index (χ2n) is 4.70. The molecule has 0 spiro atoms. The van der Waals surface area contributed by atoms with Gasteiger partial charge in [0.05, 0.1) is 5.60 Å². The standard InChI is InChI=1S/C11H17NOS/c1-10(2)8-12-11(3,13-10)7-9-5-4-6-14-9/h4-6,12H,7-8H2,1-3H3. The van der Waals surface area contributed by atoms with Crippen molar-refractivity contribution in [2.45, 2.75) is 38.5 Å². The summed E-state index contributed by atoms with van der Waals surface area (Å²) in [7, 11) is 0. The van der Waals surface area contributed by atoms with Crippen LogP contribution in [0, 0.1) is 0 Å². The highest BCUT2D eigenvalue weighted by Crippen LogP contribution is 2.29. The third-order valence-electron chi connectivity index (χ3n) is 2.48. The van der Waals surface area contributed by atoms with Gasteiger partial charge in [-0.05, 0) is 32.2 Å². The largest absolute Gasteiger partial charge is 0.353 e. The van der Waals surface area contributed by atoms with E-state index in [1.165, 1.54) is 4.88 Å². The van der Waals surface area contributed by atoms with Crippen molar-refractivity contribution >= 4 is 11.3 Å². The topological polar surface area (TPSA) is 21.3 Å². The Bertz CT molecular complexity index is 307. The zero-order valence-electron chi connectivity index (χ0n) is 8.96. The molecule has 3 heteroatoms. The van der Waals surface area contributed by atoms with Gasteiger partial charge in [0.15, 0.2) is 0 Å². The second kappa shape index (κ2) is 3.33. The van der Waals surface area contributed by atoms with E-state index < -0.39 is 0 Å². The van der Waals surface area contributed by atoms with Crippen LogP contribution < -0.4 is 5.32 Å². The van der Waals surface area contributed by atoms with Crippen molar-refractivity contribution in [1.82, 2.24) is 5.32 Å². The van der Waals surface area contributed by atoms with E-state index in [9.17, 15) is 0 Å². The van der Waals surface area contributed by atoms with Gasteiger partial charge in [-0.15, -0.1) is 11.3 Å². The van der Waals surface area contributed by atoms with Gasteiger partial charge in [-0.2, -0.15) is 0 Å². The molecule has 0 aromatic carbocycles. The zero-order chi connectivity index (χ0) is 10.2. The molecule has 1 N–H and O–H groups in total. The van der Waals surface area contributed by atoms with Crippen LogP contribution in [0.3, 0.4) is 0 Å². The highest BCUT2D eigenvalue weighted by Gasteiger charge is 2.40. The van der Waals surface area contributed by atoms with Gasteiger partial charge in [0.1, 0.15) is 5.72 Å². The Kier molecular flexibility index (Phi) is 2.41. The highest BCUT2D eigenvalue weighted by molar-refractivity contribution is 7.09. The molecule has 1 fully saturated rings. The fourth-order valence-corrected chi connectivity index (χ4v) is 2.77. The summed E-state index contributed by atoms with van der Waals surface area (Å²) in [6.45, 7) is 7.30. The second-order valence-corrected chi connectivity index (χ2v) is 5.73. The van der Waals surface area contributed by atoms with E-state index in [0.717, 1.165) is 13.0 Å². The van der Waals surface area contributed by atoms with E-state index >= 15 is 0 Å². The Morgan fingerprint density at radius 1 is 1.50 bits per heavy atom. The van der Waals surface area contributed by atoms with Gasteiger partial charge in [0.25, 0.3) is 0 Å². The number of nitrogens with one attached hydrogen (secondary N) is 1. The summed E-state index contributed by atoms with van der Waals surface area (Å²) in [6.07, 6.45) is 0.952. The molecule has 2 heterocycles. The van der Waals surface area contributed by atoms with Gasteiger partial charge in [-0.25, -0.2) is 0 Å². The molecule has 0 saturated carbocycles. The average molecular weight is 211 g/mol. The first-order valence-corrected chi connectivity index (χ1v) is 5.85.